The van der Waals surface area contributed by atoms with Crippen LogP contribution in [-0.2, 0) is 28.6 Å². The Bertz CT molecular complexity index is 998. The van der Waals surface area contributed by atoms with Gasteiger partial charge in [0.1, 0.15) is 13.2 Å². The quantitative estimate of drug-likeness (QED) is 0.0343. The molecule has 398 valence electrons. The van der Waals surface area contributed by atoms with Gasteiger partial charge in [-0.05, 0) is 19.3 Å². The van der Waals surface area contributed by atoms with Crippen molar-refractivity contribution >= 4 is 17.9 Å². The maximum Gasteiger partial charge on any atom is 0.306 e. The molecule has 6 heteroatoms. The predicted octanol–water partition coefficient (Wildman–Crippen LogP) is 20.3. The third kappa shape index (κ3) is 55.2. The summed E-state index contributed by atoms with van der Waals surface area (Å²) in [5, 5.41) is 0. The predicted molar refractivity (Wildman–Crippen MR) is 289 cm³/mol. The first-order valence-electron chi connectivity index (χ1n) is 30.5. The maximum atomic E-state index is 12.8. The summed E-state index contributed by atoms with van der Waals surface area (Å²) in [5.41, 5.74) is 0. The van der Waals surface area contributed by atoms with Gasteiger partial charge < -0.3 is 14.2 Å². The summed E-state index contributed by atoms with van der Waals surface area (Å²) in [6.07, 6.45) is 64.0. The smallest absolute Gasteiger partial charge is 0.306 e. The van der Waals surface area contributed by atoms with Crippen molar-refractivity contribution < 1.29 is 28.6 Å². The lowest BCUT2D eigenvalue weighted by molar-refractivity contribution is -0.167. The van der Waals surface area contributed by atoms with E-state index in [2.05, 4.69) is 20.8 Å². The minimum absolute atomic E-state index is 0.0612. The highest BCUT2D eigenvalue weighted by molar-refractivity contribution is 5.71. The Labute approximate surface area is 418 Å². The average Bonchev–Trinajstić information content (AvgIpc) is 3.33. The molecular weight excluding hydrogens is 829 g/mol. The van der Waals surface area contributed by atoms with Crippen LogP contribution in [0.15, 0.2) is 0 Å². The zero-order valence-corrected chi connectivity index (χ0v) is 45.7. The van der Waals surface area contributed by atoms with Gasteiger partial charge in [0.15, 0.2) is 6.10 Å². The number of unbranched alkanes of at least 4 members (excludes halogenated alkanes) is 46. The zero-order chi connectivity index (χ0) is 48.6. The van der Waals surface area contributed by atoms with E-state index in [4.69, 9.17) is 14.2 Å². The second-order valence-electron chi connectivity index (χ2n) is 21.0. The number of rotatable bonds is 57. The number of carbonyl (C=O) groups is 3. The molecule has 0 fully saturated rings. The van der Waals surface area contributed by atoms with Gasteiger partial charge in [0.05, 0.1) is 0 Å². The highest BCUT2D eigenvalue weighted by Gasteiger charge is 2.19. The van der Waals surface area contributed by atoms with Crippen LogP contribution in [0.1, 0.15) is 355 Å². The van der Waals surface area contributed by atoms with Gasteiger partial charge in [-0.2, -0.15) is 0 Å². The highest BCUT2D eigenvalue weighted by Crippen LogP contribution is 2.18. The summed E-state index contributed by atoms with van der Waals surface area (Å²) in [4.78, 5) is 38.1. The van der Waals surface area contributed by atoms with Crippen molar-refractivity contribution in [3.8, 4) is 0 Å². The third-order valence-corrected chi connectivity index (χ3v) is 14.1. The van der Waals surface area contributed by atoms with Crippen molar-refractivity contribution in [3.63, 3.8) is 0 Å². The van der Waals surface area contributed by atoms with Crippen LogP contribution in [0.5, 0.6) is 0 Å². The van der Waals surface area contributed by atoms with Gasteiger partial charge in [0, 0.05) is 19.3 Å². The van der Waals surface area contributed by atoms with Crippen molar-refractivity contribution in [1.29, 1.82) is 0 Å². The van der Waals surface area contributed by atoms with Crippen LogP contribution >= 0.6 is 0 Å². The van der Waals surface area contributed by atoms with Crippen molar-refractivity contribution in [2.45, 2.75) is 361 Å². The molecule has 0 heterocycles. The number of esters is 3. The fourth-order valence-corrected chi connectivity index (χ4v) is 9.51. The molecule has 1 atom stereocenters. The van der Waals surface area contributed by atoms with Crippen molar-refractivity contribution in [3.05, 3.63) is 0 Å². The normalized spacial score (nSPS) is 11.9. The number of hydrogen-bond donors (Lipinski definition) is 0. The molecule has 0 amide bonds. The van der Waals surface area contributed by atoms with Gasteiger partial charge in [-0.15, -0.1) is 0 Å². The Balaban J connectivity index is 4.14. The average molecular weight is 948 g/mol. The standard InChI is InChI=1S/C61H118O6/c1-4-7-10-13-16-19-21-23-25-27-28-29-30-31-32-34-35-37-39-42-45-48-51-54-60(63)66-57-58(56-65-59(62)53-50-47-44-41-18-15-12-9-6-3)67-61(64)55-52-49-46-43-40-38-36-33-26-24-22-20-17-14-11-8-5-2/h58H,4-57H2,1-3H3. The van der Waals surface area contributed by atoms with E-state index in [0.717, 1.165) is 57.8 Å². The third-order valence-electron chi connectivity index (χ3n) is 14.1. The first kappa shape index (κ1) is 65.4. The largest absolute Gasteiger partial charge is 0.462 e. The van der Waals surface area contributed by atoms with Crippen LogP contribution < -0.4 is 0 Å². The summed E-state index contributed by atoms with van der Waals surface area (Å²) in [6.45, 7) is 6.70. The number of carbonyl (C=O) groups excluding carboxylic acids is 3. The van der Waals surface area contributed by atoms with Gasteiger partial charge in [-0.3, -0.25) is 14.4 Å². The molecule has 0 N–H and O–H groups in total. The molecule has 0 aliphatic rings. The monoisotopic (exact) mass is 947 g/mol. The van der Waals surface area contributed by atoms with Gasteiger partial charge in [-0.1, -0.05) is 316 Å². The molecular formula is C61H118O6. The van der Waals surface area contributed by atoms with E-state index in [9.17, 15) is 14.4 Å². The maximum absolute atomic E-state index is 12.8. The Hall–Kier alpha value is -1.59. The lowest BCUT2D eigenvalue weighted by Crippen LogP contribution is -2.30. The molecule has 0 radical (unpaired) electrons. The summed E-state index contributed by atoms with van der Waals surface area (Å²) < 4.78 is 16.9. The molecule has 6 nitrogen and oxygen atoms in total. The Kier molecular flexibility index (Phi) is 55.6. The van der Waals surface area contributed by atoms with Crippen LogP contribution in [-0.4, -0.2) is 37.2 Å². The van der Waals surface area contributed by atoms with Gasteiger partial charge >= 0.3 is 17.9 Å². The lowest BCUT2D eigenvalue weighted by atomic mass is 10.0. The second-order valence-corrected chi connectivity index (χ2v) is 21.0. The summed E-state index contributed by atoms with van der Waals surface area (Å²) in [6, 6.07) is 0. The molecule has 0 aromatic rings. The molecule has 0 saturated carbocycles. The lowest BCUT2D eigenvalue weighted by Gasteiger charge is -2.18. The van der Waals surface area contributed by atoms with E-state index in [-0.39, 0.29) is 31.1 Å². The Morgan fingerprint density at radius 1 is 0.239 bits per heavy atom. The molecule has 0 bridgehead atoms. The van der Waals surface area contributed by atoms with E-state index in [1.165, 1.54) is 257 Å². The van der Waals surface area contributed by atoms with Crippen LogP contribution in [0.3, 0.4) is 0 Å². The van der Waals surface area contributed by atoms with Gasteiger partial charge in [0.25, 0.3) is 0 Å². The minimum Gasteiger partial charge on any atom is -0.462 e. The van der Waals surface area contributed by atoms with Gasteiger partial charge in [0.2, 0.25) is 0 Å². The van der Waals surface area contributed by atoms with Gasteiger partial charge in [-0.25, -0.2) is 0 Å². The molecule has 0 aromatic heterocycles. The van der Waals surface area contributed by atoms with E-state index in [0.29, 0.717) is 19.3 Å². The molecule has 0 rings (SSSR count). The van der Waals surface area contributed by atoms with Crippen LogP contribution in [0.25, 0.3) is 0 Å². The Morgan fingerprint density at radius 2 is 0.403 bits per heavy atom. The van der Waals surface area contributed by atoms with E-state index >= 15 is 0 Å². The SMILES string of the molecule is CCCCCCCCCCCCCCCCCCCCCCCCCC(=O)OCC(COC(=O)CCCCCCCCCCC)OC(=O)CCCCCCCCCCCCCCCCCCC. The summed E-state index contributed by atoms with van der Waals surface area (Å²) in [5.74, 6) is -0.834. The summed E-state index contributed by atoms with van der Waals surface area (Å²) in [7, 11) is 0. The molecule has 0 aromatic carbocycles. The molecule has 0 spiro atoms. The summed E-state index contributed by atoms with van der Waals surface area (Å²) >= 11 is 0. The number of ether oxygens (including phenoxy) is 3. The van der Waals surface area contributed by atoms with E-state index < -0.39 is 6.10 Å². The van der Waals surface area contributed by atoms with E-state index in [1.807, 2.05) is 0 Å². The van der Waals surface area contributed by atoms with Crippen LogP contribution in [0.4, 0.5) is 0 Å². The highest BCUT2D eigenvalue weighted by atomic mass is 16.6. The second kappa shape index (κ2) is 57.0. The zero-order valence-electron chi connectivity index (χ0n) is 45.7. The fourth-order valence-electron chi connectivity index (χ4n) is 9.51. The molecule has 0 aliphatic carbocycles. The van der Waals surface area contributed by atoms with Crippen molar-refractivity contribution in [1.82, 2.24) is 0 Å². The molecule has 0 saturated heterocycles. The minimum atomic E-state index is -0.760. The fraction of sp³-hybridized carbons (Fsp3) is 0.951. The molecule has 67 heavy (non-hydrogen) atoms. The van der Waals surface area contributed by atoms with Crippen molar-refractivity contribution in [2.24, 2.45) is 0 Å². The topological polar surface area (TPSA) is 78.9 Å². The first-order valence-corrected chi connectivity index (χ1v) is 30.5. The Morgan fingerprint density at radius 3 is 0.597 bits per heavy atom. The van der Waals surface area contributed by atoms with Crippen LogP contribution in [0.2, 0.25) is 0 Å². The number of hydrogen-bond acceptors (Lipinski definition) is 6. The first-order chi connectivity index (χ1) is 33.0. The van der Waals surface area contributed by atoms with Crippen molar-refractivity contribution in [2.75, 3.05) is 13.2 Å². The molecule has 0 aliphatic heterocycles. The molecule has 1 unspecified atom stereocenters. The van der Waals surface area contributed by atoms with E-state index in [1.54, 1.807) is 0 Å². The van der Waals surface area contributed by atoms with Crippen LogP contribution in [0, 0.1) is 0 Å².